The predicted octanol–water partition coefficient (Wildman–Crippen LogP) is 4.22. The van der Waals surface area contributed by atoms with E-state index in [2.05, 4.69) is 12.2 Å². The van der Waals surface area contributed by atoms with Crippen LogP contribution >= 0.6 is 0 Å². The first-order valence-corrected chi connectivity index (χ1v) is 11.5. The molecule has 3 rings (SSSR count). The summed E-state index contributed by atoms with van der Waals surface area (Å²) in [4.78, 5) is 12.3. The summed E-state index contributed by atoms with van der Waals surface area (Å²) in [5.74, 6) is 0.0658. The van der Waals surface area contributed by atoms with E-state index >= 15 is 0 Å². The van der Waals surface area contributed by atoms with Gasteiger partial charge in [-0.05, 0) is 53.3 Å². The number of methoxy groups -OCH3 is 1. The van der Waals surface area contributed by atoms with Crippen LogP contribution in [0.5, 0.6) is 5.75 Å². The number of aliphatic hydroxyl groups is 1. The Bertz CT molecular complexity index is 1040. The van der Waals surface area contributed by atoms with Gasteiger partial charge in [-0.25, -0.2) is 0 Å². The van der Waals surface area contributed by atoms with Gasteiger partial charge in [0.25, 0.3) is 0 Å². The minimum Gasteiger partial charge on any atom is -0.497 e. The molecular formula is C28H34N2O3. The highest BCUT2D eigenvalue weighted by Crippen LogP contribution is 2.29. The van der Waals surface area contributed by atoms with Gasteiger partial charge in [-0.15, -0.1) is 0 Å². The van der Waals surface area contributed by atoms with Gasteiger partial charge in [-0.1, -0.05) is 67.9 Å². The van der Waals surface area contributed by atoms with Gasteiger partial charge in [0.2, 0.25) is 5.91 Å². The minimum absolute atomic E-state index is 0.275. The molecule has 0 radical (unpaired) electrons. The molecule has 2 atom stereocenters. The summed E-state index contributed by atoms with van der Waals surface area (Å²) >= 11 is 0. The third-order valence-corrected chi connectivity index (χ3v) is 5.90. The second kappa shape index (κ2) is 12.2. The van der Waals surface area contributed by atoms with Crippen LogP contribution in [0.4, 0.5) is 0 Å². The Morgan fingerprint density at radius 3 is 2.45 bits per heavy atom. The minimum atomic E-state index is -0.703. The lowest BCUT2D eigenvalue weighted by molar-refractivity contribution is 0.0995. The maximum absolute atomic E-state index is 12.3. The van der Waals surface area contributed by atoms with Crippen molar-refractivity contribution in [2.75, 3.05) is 13.7 Å². The molecule has 0 aliphatic carbocycles. The Hall–Kier alpha value is -3.15. The molecule has 3 aromatic carbocycles. The number of nitrogens with one attached hydrogen (secondary N) is 1. The number of nitrogens with two attached hydrogens (primary N) is 1. The second-order valence-electron chi connectivity index (χ2n) is 8.38. The van der Waals surface area contributed by atoms with E-state index in [0.29, 0.717) is 25.1 Å². The number of hydrogen-bond donors (Lipinski definition) is 3. The average molecular weight is 447 g/mol. The van der Waals surface area contributed by atoms with Crippen LogP contribution in [-0.4, -0.2) is 30.8 Å². The molecule has 0 aromatic heterocycles. The SMILES string of the molecule is CCCc1ccc([C@H](Cc2ccccc2)[C@@H](O)CNCc2cccc(OC)c2)c(C(N)=O)c1. The van der Waals surface area contributed by atoms with Crippen LogP contribution in [0, 0.1) is 0 Å². The number of rotatable bonds is 12. The maximum atomic E-state index is 12.3. The summed E-state index contributed by atoms with van der Waals surface area (Å²) in [5, 5.41) is 14.6. The number of benzene rings is 3. The van der Waals surface area contributed by atoms with Gasteiger partial charge >= 0.3 is 0 Å². The third kappa shape index (κ3) is 6.91. The van der Waals surface area contributed by atoms with E-state index in [9.17, 15) is 9.90 Å². The largest absolute Gasteiger partial charge is 0.497 e. The van der Waals surface area contributed by atoms with Gasteiger partial charge in [-0.3, -0.25) is 4.79 Å². The van der Waals surface area contributed by atoms with Crippen molar-refractivity contribution in [3.63, 3.8) is 0 Å². The fourth-order valence-electron chi connectivity index (χ4n) is 4.19. The monoisotopic (exact) mass is 446 g/mol. The summed E-state index contributed by atoms with van der Waals surface area (Å²) in [7, 11) is 1.65. The van der Waals surface area contributed by atoms with Gasteiger partial charge in [0.1, 0.15) is 5.75 Å². The first-order chi connectivity index (χ1) is 16.0. The summed E-state index contributed by atoms with van der Waals surface area (Å²) < 4.78 is 5.29. The van der Waals surface area contributed by atoms with Gasteiger partial charge in [0, 0.05) is 24.6 Å². The van der Waals surface area contributed by atoms with E-state index in [1.165, 1.54) is 0 Å². The molecule has 0 bridgehead atoms. The normalized spacial score (nSPS) is 12.8. The van der Waals surface area contributed by atoms with Crippen molar-refractivity contribution in [2.45, 2.75) is 44.8 Å². The highest BCUT2D eigenvalue weighted by atomic mass is 16.5. The second-order valence-corrected chi connectivity index (χ2v) is 8.38. The molecule has 174 valence electrons. The van der Waals surface area contributed by atoms with Crippen molar-refractivity contribution in [1.82, 2.24) is 5.32 Å². The number of carbonyl (C=O) groups is 1. The van der Waals surface area contributed by atoms with Crippen molar-refractivity contribution in [1.29, 1.82) is 0 Å². The Morgan fingerprint density at radius 1 is 1.00 bits per heavy atom. The zero-order valence-electron chi connectivity index (χ0n) is 19.5. The van der Waals surface area contributed by atoms with Crippen molar-refractivity contribution in [3.05, 3.63) is 101 Å². The van der Waals surface area contributed by atoms with Gasteiger partial charge in [0.05, 0.1) is 13.2 Å². The summed E-state index contributed by atoms with van der Waals surface area (Å²) in [6, 6.07) is 23.7. The van der Waals surface area contributed by atoms with Crippen LogP contribution in [-0.2, 0) is 19.4 Å². The molecule has 0 saturated carbocycles. The number of primary amides is 1. The molecule has 0 saturated heterocycles. The van der Waals surface area contributed by atoms with Gasteiger partial charge in [-0.2, -0.15) is 0 Å². The zero-order valence-corrected chi connectivity index (χ0v) is 19.5. The standard InChI is InChI=1S/C28H34N2O3/c1-3-8-20-13-14-24(26(17-20)28(29)32)25(16-21-9-5-4-6-10-21)27(31)19-30-18-22-11-7-12-23(15-22)33-2/h4-7,9-15,17,25,27,30-31H,3,8,16,18-19H2,1-2H3,(H2,29,32)/t25-,27-/m0/s1. The van der Waals surface area contributed by atoms with E-state index in [1.54, 1.807) is 7.11 Å². The van der Waals surface area contributed by atoms with E-state index in [0.717, 1.165) is 40.8 Å². The molecule has 0 fully saturated rings. The Balaban J connectivity index is 1.82. The first-order valence-electron chi connectivity index (χ1n) is 11.5. The lowest BCUT2D eigenvalue weighted by Gasteiger charge is -2.26. The number of aryl methyl sites for hydroxylation is 1. The number of carbonyl (C=O) groups excluding carboxylic acids is 1. The fourth-order valence-corrected chi connectivity index (χ4v) is 4.19. The van der Waals surface area contributed by atoms with Crippen molar-refractivity contribution >= 4 is 5.91 Å². The molecule has 33 heavy (non-hydrogen) atoms. The van der Waals surface area contributed by atoms with Crippen LogP contribution in [0.15, 0.2) is 72.8 Å². The lowest BCUT2D eigenvalue weighted by atomic mass is 9.83. The molecular weight excluding hydrogens is 412 g/mol. The van der Waals surface area contributed by atoms with E-state index in [1.807, 2.05) is 72.8 Å². The van der Waals surface area contributed by atoms with Crippen molar-refractivity contribution in [3.8, 4) is 5.75 Å². The predicted molar refractivity (Wildman–Crippen MR) is 133 cm³/mol. The maximum Gasteiger partial charge on any atom is 0.248 e. The zero-order chi connectivity index (χ0) is 23.6. The number of aliphatic hydroxyl groups excluding tert-OH is 1. The number of hydrogen-bond acceptors (Lipinski definition) is 4. The Morgan fingerprint density at radius 2 is 1.76 bits per heavy atom. The molecule has 3 aromatic rings. The molecule has 4 N–H and O–H groups in total. The first kappa shape index (κ1) is 24.5. The van der Waals surface area contributed by atoms with E-state index < -0.39 is 12.0 Å². The molecule has 0 aliphatic heterocycles. The Kier molecular flexibility index (Phi) is 9.04. The van der Waals surface area contributed by atoms with Gasteiger partial charge < -0.3 is 20.9 Å². The van der Waals surface area contributed by atoms with Crippen LogP contribution < -0.4 is 15.8 Å². The molecule has 1 amide bonds. The lowest BCUT2D eigenvalue weighted by Crippen LogP contribution is -2.33. The van der Waals surface area contributed by atoms with Crippen molar-refractivity contribution in [2.24, 2.45) is 5.73 Å². The third-order valence-electron chi connectivity index (χ3n) is 5.90. The molecule has 0 spiro atoms. The molecule has 5 nitrogen and oxygen atoms in total. The smallest absolute Gasteiger partial charge is 0.248 e. The van der Waals surface area contributed by atoms with Crippen LogP contribution in [0.1, 0.15) is 51.9 Å². The van der Waals surface area contributed by atoms with Crippen LogP contribution in [0.2, 0.25) is 0 Å². The Labute approximate surface area is 196 Å². The molecule has 5 heteroatoms. The van der Waals surface area contributed by atoms with Crippen molar-refractivity contribution < 1.29 is 14.6 Å². The molecule has 0 heterocycles. The van der Waals surface area contributed by atoms with E-state index in [4.69, 9.17) is 10.5 Å². The van der Waals surface area contributed by atoms with Crippen LogP contribution in [0.3, 0.4) is 0 Å². The van der Waals surface area contributed by atoms with Crippen LogP contribution in [0.25, 0.3) is 0 Å². The van der Waals surface area contributed by atoms with Gasteiger partial charge in [0.15, 0.2) is 0 Å². The highest BCUT2D eigenvalue weighted by molar-refractivity contribution is 5.94. The highest BCUT2D eigenvalue weighted by Gasteiger charge is 2.26. The summed E-state index contributed by atoms with van der Waals surface area (Å²) in [6.07, 6.45) is 1.78. The topological polar surface area (TPSA) is 84.6 Å². The fraction of sp³-hybridized carbons (Fsp3) is 0.321. The van der Waals surface area contributed by atoms with E-state index in [-0.39, 0.29) is 5.92 Å². The molecule has 0 aliphatic rings. The summed E-state index contributed by atoms with van der Waals surface area (Å²) in [5.41, 5.74) is 10.3. The molecule has 0 unspecified atom stereocenters. The average Bonchev–Trinajstić information content (AvgIpc) is 2.83. The number of amides is 1. The number of ether oxygens (including phenoxy) is 1. The summed E-state index contributed by atoms with van der Waals surface area (Å²) in [6.45, 7) is 3.09. The quantitative estimate of drug-likeness (QED) is 0.389.